The fourth-order valence-corrected chi connectivity index (χ4v) is 2.11. The average Bonchev–Trinajstić information content (AvgIpc) is 2.57. The van der Waals surface area contributed by atoms with Crippen molar-refractivity contribution in [3.63, 3.8) is 0 Å². The molecule has 0 spiro atoms. The summed E-state index contributed by atoms with van der Waals surface area (Å²) in [6, 6.07) is 6.60. The molecule has 10 heteroatoms. The lowest BCUT2D eigenvalue weighted by molar-refractivity contribution is -0.383. The molecule has 0 atom stereocenters. The zero-order valence-corrected chi connectivity index (χ0v) is 14.9. The number of aromatic nitrogens is 2. The summed E-state index contributed by atoms with van der Waals surface area (Å²) in [5, 5.41) is 14.4. The van der Waals surface area contributed by atoms with Gasteiger partial charge in [-0.25, -0.2) is 9.97 Å². The number of para-hydroxylation sites is 1. The van der Waals surface area contributed by atoms with Gasteiger partial charge in [-0.05, 0) is 32.9 Å². The number of amides is 1. The summed E-state index contributed by atoms with van der Waals surface area (Å²) in [6.07, 6.45) is 1.17. The first kappa shape index (κ1) is 18.9. The summed E-state index contributed by atoms with van der Waals surface area (Å²) in [7, 11) is 1.44. The Bertz CT molecular complexity index is 819. The monoisotopic (exact) mass is 360 g/mol. The van der Waals surface area contributed by atoms with Crippen molar-refractivity contribution in [2.75, 3.05) is 17.9 Å². The van der Waals surface area contributed by atoms with Crippen LogP contribution in [0, 0.1) is 10.1 Å². The molecule has 1 amide bonds. The highest BCUT2D eigenvalue weighted by Crippen LogP contribution is 2.30. The molecule has 0 aliphatic carbocycles. The van der Waals surface area contributed by atoms with E-state index in [4.69, 9.17) is 4.74 Å². The first-order valence-electron chi connectivity index (χ1n) is 7.70. The second-order valence-corrected chi connectivity index (χ2v) is 6.33. The van der Waals surface area contributed by atoms with Gasteiger partial charge in [0.15, 0.2) is 0 Å². The topological polar surface area (TPSA) is 131 Å². The highest BCUT2D eigenvalue weighted by molar-refractivity contribution is 5.97. The van der Waals surface area contributed by atoms with Crippen LogP contribution in [-0.2, 0) is 0 Å². The van der Waals surface area contributed by atoms with E-state index in [1.54, 1.807) is 24.3 Å². The van der Waals surface area contributed by atoms with E-state index < -0.39 is 16.4 Å². The molecule has 0 aliphatic heterocycles. The van der Waals surface area contributed by atoms with E-state index in [0.29, 0.717) is 5.75 Å². The molecule has 138 valence electrons. The average molecular weight is 360 g/mol. The molecule has 10 nitrogen and oxygen atoms in total. The number of ether oxygens (including phenoxy) is 1. The van der Waals surface area contributed by atoms with E-state index in [-0.39, 0.29) is 22.9 Å². The van der Waals surface area contributed by atoms with E-state index in [0.717, 1.165) is 0 Å². The Balaban J connectivity index is 2.25. The van der Waals surface area contributed by atoms with Crippen LogP contribution in [0.2, 0.25) is 0 Å². The number of methoxy groups -OCH3 is 1. The fraction of sp³-hybridized carbons (Fsp3) is 0.312. The minimum atomic E-state index is -0.619. The third kappa shape index (κ3) is 4.56. The quantitative estimate of drug-likeness (QED) is 0.528. The summed E-state index contributed by atoms with van der Waals surface area (Å²) in [6.45, 7) is 5.53. The van der Waals surface area contributed by atoms with Crippen LogP contribution in [0.5, 0.6) is 5.75 Å². The van der Waals surface area contributed by atoms with Crippen LogP contribution in [0.3, 0.4) is 0 Å². The molecule has 2 aromatic rings. The summed E-state index contributed by atoms with van der Waals surface area (Å²) in [4.78, 5) is 30.9. The van der Waals surface area contributed by atoms with Crippen molar-refractivity contribution in [2.45, 2.75) is 26.3 Å². The van der Waals surface area contributed by atoms with Gasteiger partial charge in [0.1, 0.15) is 12.1 Å². The minimum Gasteiger partial charge on any atom is -0.496 e. The Morgan fingerprint density at radius 3 is 2.46 bits per heavy atom. The number of nitrogens with one attached hydrogen (secondary N) is 3. The van der Waals surface area contributed by atoms with E-state index in [1.165, 1.54) is 13.4 Å². The normalized spacial score (nSPS) is 10.8. The Labute approximate surface area is 150 Å². The van der Waals surface area contributed by atoms with Crippen LogP contribution in [0.1, 0.15) is 31.1 Å². The molecule has 2 rings (SSSR count). The van der Waals surface area contributed by atoms with Crippen molar-refractivity contribution in [3.05, 3.63) is 46.3 Å². The number of anilines is 2. The molecule has 0 aliphatic rings. The number of benzene rings is 1. The largest absolute Gasteiger partial charge is 0.496 e. The summed E-state index contributed by atoms with van der Waals surface area (Å²) in [5.41, 5.74) is 4.32. The molecule has 1 aromatic carbocycles. The molecule has 3 N–H and O–H groups in total. The van der Waals surface area contributed by atoms with Crippen LogP contribution >= 0.6 is 0 Å². The first-order chi connectivity index (χ1) is 12.2. The lowest BCUT2D eigenvalue weighted by Crippen LogP contribution is -2.31. The van der Waals surface area contributed by atoms with Gasteiger partial charge in [-0.2, -0.15) is 0 Å². The maximum Gasteiger partial charge on any atom is 0.354 e. The maximum atomic E-state index is 12.3. The zero-order valence-electron chi connectivity index (χ0n) is 14.9. The van der Waals surface area contributed by atoms with Crippen molar-refractivity contribution in [1.82, 2.24) is 15.4 Å². The Morgan fingerprint density at radius 1 is 1.19 bits per heavy atom. The third-order valence-electron chi connectivity index (χ3n) is 3.14. The van der Waals surface area contributed by atoms with Crippen LogP contribution < -0.4 is 20.9 Å². The molecular formula is C16H20N6O4. The van der Waals surface area contributed by atoms with Gasteiger partial charge in [0, 0.05) is 5.54 Å². The standard InChI is InChI=1S/C16H20N6O4/c1-16(2,3)19-13-12(22(24)25)14(18-9-17-13)20-21-15(23)10-7-5-6-8-11(10)26-4/h5-9H,1-4H3,(H,21,23)(H2,17,18,19,20). The first-order valence-corrected chi connectivity index (χ1v) is 7.70. The van der Waals surface area contributed by atoms with Crippen LogP contribution in [0.15, 0.2) is 30.6 Å². The van der Waals surface area contributed by atoms with Gasteiger partial charge < -0.3 is 10.1 Å². The van der Waals surface area contributed by atoms with Crippen molar-refractivity contribution < 1.29 is 14.5 Å². The molecule has 0 saturated heterocycles. The molecule has 0 radical (unpaired) electrons. The lowest BCUT2D eigenvalue weighted by atomic mass is 10.1. The number of hydrogen-bond acceptors (Lipinski definition) is 8. The summed E-state index contributed by atoms with van der Waals surface area (Å²) >= 11 is 0. The van der Waals surface area contributed by atoms with Crippen molar-refractivity contribution in [3.8, 4) is 5.75 Å². The molecular weight excluding hydrogens is 340 g/mol. The number of nitrogens with zero attached hydrogens (tertiary/aromatic N) is 3. The molecule has 26 heavy (non-hydrogen) atoms. The Kier molecular flexibility index (Phi) is 5.55. The molecule has 1 aromatic heterocycles. The third-order valence-corrected chi connectivity index (χ3v) is 3.14. The summed E-state index contributed by atoms with van der Waals surface area (Å²) < 4.78 is 5.12. The smallest absolute Gasteiger partial charge is 0.354 e. The second kappa shape index (κ2) is 7.64. The predicted octanol–water partition coefficient (Wildman–Crippen LogP) is 2.36. The van der Waals surface area contributed by atoms with Crippen molar-refractivity contribution in [1.29, 1.82) is 0 Å². The van der Waals surface area contributed by atoms with Crippen LogP contribution in [0.25, 0.3) is 0 Å². The number of carbonyl (C=O) groups is 1. The van der Waals surface area contributed by atoms with E-state index in [2.05, 4.69) is 26.1 Å². The molecule has 0 unspecified atom stereocenters. The van der Waals surface area contributed by atoms with Gasteiger partial charge in [0.2, 0.25) is 11.6 Å². The predicted molar refractivity (Wildman–Crippen MR) is 96.1 cm³/mol. The molecule has 0 bridgehead atoms. The minimum absolute atomic E-state index is 0.0477. The van der Waals surface area contributed by atoms with Gasteiger partial charge in [0.25, 0.3) is 5.91 Å². The van der Waals surface area contributed by atoms with Gasteiger partial charge in [0.05, 0.1) is 17.6 Å². The Hall–Kier alpha value is -3.43. The number of hydrogen-bond donors (Lipinski definition) is 3. The highest BCUT2D eigenvalue weighted by atomic mass is 16.6. The second-order valence-electron chi connectivity index (χ2n) is 6.33. The fourth-order valence-electron chi connectivity index (χ4n) is 2.11. The van der Waals surface area contributed by atoms with Crippen molar-refractivity contribution >= 4 is 23.2 Å². The highest BCUT2D eigenvalue weighted by Gasteiger charge is 2.26. The number of hydrazine groups is 1. The number of rotatable bonds is 6. The van der Waals surface area contributed by atoms with Gasteiger partial charge in [-0.15, -0.1) is 0 Å². The lowest BCUT2D eigenvalue weighted by Gasteiger charge is -2.21. The summed E-state index contributed by atoms with van der Waals surface area (Å²) in [5.74, 6) is -0.244. The number of nitro groups is 1. The SMILES string of the molecule is COc1ccccc1C(=O)NNc1ncnc(NC(C)(C)C)c1[N+](=O)[O-]. The van der Waals surface area contributed by atoms with E-state index in [1.807, 2.05) is 20.8 Å². The van der Waals surface area contributed by atoms with Crippen LogP contribution in [-0.4, -0.2) is 33.4 Å². The number of carbonyl (C=O) groups excluding carboxylic acids is 1. The maximum absolute atomic E-state index is 12.3. The van der Waals surface area contributed by atoms with Crippen LogP contribution in [0.4, 0.5) is 17.3 Å². The molecule has 1 heterocycles. The molecule has 0 saturated carbocycles. The van der Waals surface area contributed by atoms with Gasteiger partial charge >= 0.3 is 5.69 Å². The Morgan fingerprint density at radius 2 is 1.85 bits per heavy atom. The zero-order chi connectivity index (χ0) is 19.3. The molecule has 0 fully saturated rings. The van der Waals surface area contributed by atoms with Gasteiger partial charge in [-0.1, -0.05) is 12.1 Å². The van der Waals surface area contributed by atoms with Crippen molar-refractivity contribution in [2.24, 2.45) is 0 Å². The van der Waals surface area contributed by atoms with Gasteiger partial charge in [-0.3, -0.25) is 25.8 Å². The van der Waals surface area contributed by atoms with E-state index in [9.17, 15) is 14.9 Å². The van der Waals surface area contributed by atoms with E-state index >= 15 is 0 Å².